The van der Waals surface area contributed by atoms with Crippen LogP contribution >= 0.6 is 0 Å². The van der Waals surface area contributed by atoms with Gasteiger partial charge in [-0.3, -0.25) is 9.59 Å². The standard InChI is InChI=1S/C20H22FN3O2/c21-17-9-8-16(23-20(26)13-15-7-4-10-22-15)12-18(17)24-19(25)11-14-5-2-1-3-6-14/h1-3,5-6,8-9,12,15,22H,4,7,10-11,13H2,(H,23,26)(H,24,25). The van der Waals surface area contributed by atoms with Gasteiger partial charge in [0.15, 0.2) is 0 Å². The van der Waals surface area contributed by atoms with Gasteiger partial charge in [0.2, 0.25) is 11.8 Å². The van der Waals surface area contributed by atoms with Crippen molar-refractivity contribution >= 4 is 23.2 Å². The molecule has 1 unspecified atom stereocenters. The number of hydrogen-bond acceptors (Lipinski definition) is 3. The molecule has 1 saturated heterocycles. The fourth-order valence-corrected chi connectivity index (χ4v) is 3.04. The van der Waals surface area contributed by atoms with Crippen molar-refractivity contribution in [2.45, 2.75) is 31.7 Å². The van der Waals surface area contributed by atoms with Crippen molar-refractivity contribution in [2.75, 3.05) is 17.2 Å². The second kappa shape index (κ2) is 8.58. The highest BCUT2D eigenvalue weighted by Crippen LogP contribution is 2.21. The summed E-state index contributed by atoms with van der Waals surface area (Å²) in [5.74, 6) is -0.979. The van der Waals surface area contributed by atoms with Crippen LogP contribution in [-0.2, 0) is 16.0 Å². The third-order valence-corrected chi connectivity index (χ3v) is 4.33. The molecule has 1 fully saturated rings. The average Bonchev–Trinajstić information content (AvgIpc) is 3.11. The van der Waals surface area contributed by atoms with Crippen LogP contribution in [0, 0.1) is 5.82 Å². The number of rotatable bonds is 6. The summed E-state index contributed by atoms with van der Waals surface area (Å²) in [5.41, 5.74) is 1.37. The SMILES string of the molecule is O=C(CC1CCCN1)Nc1ccc(F)c(NC(=O)Cc2ccccc2)c1. The molecule has 0 radical (unpaired) electrons. The molecule has 1 heterocycles. The van der Waals surface area contributed by atoms with Gasteiger partial charge in [-0.15, -0.1) is 0 Å². The first-order valence-corrected chi connectivity index (χ1v) is 8.77. The molecule has 0 saturated carbocycles. The monoisotopic (exact) mass is 355 g/mol. The second-order valence-corrected chi connectivity index (χ2v) is 6.45. The highest BCUT2D eigenvalue weighted by Gasteiger charge is 2.18. The Bertz CT molecular complexity index is 774. The quantitative estimate of drug-likeness (QED) is 0.746. The number of benzene rings is 2. The molecule has 1 atom stereocenters. The molecule has 2 aromatic carbocycles. The summed E-state index contributed by atoms with van der Waals surface area (Å²) < 4.78 is 14.0. The largest absolute Gasteiger partial charge is 0.326 e. The van der Waals surface area contributed by atoms with E-state index in [2.05, 4.69) is 16.0 Å². The van der Waals surface area contributed by atoms with E-state index in [1.165, 1.54) is 18.2 Å². The number of nitrogens with one attached hydrogen (secondary N) is 3. The fraction of sp³-hybridized carbons (Fsp3) is 0.300. The van der Waals surface area contributed by atoms with E-state index < -0.39 is 5.82 Å². The van der Waals surface area contributed by atoms with Crippen LogP contribution in [0.1, 0.15) is 24.8 Å². The van der Waals surface area contributed by atoms with E-state index in [1.807, 2.05) is 30.3 Å². The highest BCUT2D eigenvalue weighted by atomic mass is 19.1. The molecule has 0 spiro atoms. The van der Waals surface area contributed by atoms with Crippen LogP contribution in [0.25, 0.3) is 0 Å². The van der Waals surface area contributed by atoms with Gasteiger partial charge >= 0.3 is 0 Å². The molecule has 136 valence electrons. The van der Waals surface area contributed by atoms with Crippen LogP contribution in [0.15, 0.2) is 48.5 Å². The van der Waals surface area contributed by atoms with Gasteiger partial charge in [0.25, 0.3) is 0 Å². The number of carbonyl (C=O) groups is 2. The maximum atomic E-state index is 14.0. The maximum Gasteiger partial charge on any atom is 0.228 e. The van der Waals surface area contributed by atoms with E-state index in [9.17, 15) is 14.0 Å². The van der Waals surface area contributed by atoms with Gasteiger partial charge in [0.1, 0.15) is 5.82 Å². The summed E-state index contributed by atoms with van der Waals surface area (Å²) in [5, 5.41) is 8.60. The van der Waals surface area contributed by atoms with Crippen molar-refractivity contribution in [3.05, 3.63) is 59.9 Å². The molecule has 2 amide bonds. The van der Waals surface area contributed by atoms with Crippen LogP contribution in [0.3, 0.4) is 0 Å². The lowest BCUT2D eigenvalue weighted by Crippen LogP contribution is -2.27. The predicted molar refractivity (Wildman–Crippen MR) is 99.4 cm³/mol. The zero-order valence-corrected chi connectivity index (χ0v) is 14.4. The van der Waals surface area contributed by atoms with Gasteiger partial charge in [0, 0.05) is 18.2 Å². The van der Waals surface area contributed by atoms with Crippen LogP contribution in [0.5, 0.6) is 0 Å². The normalized spacial score (nSPS) is 16.3. The van der Waals surface area contributed by atoms with Crippen LogP contribution in [0.2, 0.25) is 0 Å². The van der Waals surface area contributed by atoms with E-state index in [0.717, 1.165) is 24.9 Å². The summed E-state index contributed by atoms with van der Waals surface area (Å²) in [6, 6.07) is 13.6. The molecule has 0 bridgehead atoms. The van der Waals surface area contributed by atoms with Gasteiger partial charge in [-0.1, -0.05) is 30.3 Å². The van der Waals surface area contributed by atoms with Gasteiger partial charge in [-0.2, -0.15) is 0 Å². The summed E-state index contributed by atoms with van der Waals surface area (Å²) in [4.78, 5) is 24.2. The first kappa shape index (κ1) is 18.1. The Labute approximate surface area is 152 Å². The summed E-state index contributed by atoms with van der Waals surface area (Å²) in [6.07, 6.45) is 2.60. The minimum atomic E-state index is -0.540. The molecular weight excluding hydrogens is 333 g/mol. The van der Waals surface area contributed by atoms with Crippen LogP contribution < -0.4 is 16.0 Å². The number of carbonyl (C=O) groups excluding carboxylic acids is 2. The zero-order valence-electron chi connectivity index (χ0n) is 14.4. The van der Waals surface area contributed by atoms with Crippen molar-refractivity contribution in [2.24, 2.45) is 0 Å². The molecule has 26 heavy (non-hydrogen) atoms. The Balaban J connectivity index is 1.59. The predicted octanol–water partition coefficient (Wildman–Crippen LogP) is 3.09. The minimum Gasteiger partial charge on any atom is -0.326 e. The van der Waals surface area contributed by atoms with Gasteiger partial charge in [0.05, 0.1) is 12.1 Å². The molecule has 3 rings (SSSR count). The van der Waals surface area contributed by atoms with Gasteiger partial charge < -0.3 is 16.0 Å². The third kappa shape index (κ3) is 5.13. The molecule has 2 aromatic rings. The Morgan fingerprint density at radius 2 is 1.88 bits per heavy atom. The lowest BCUT2D eigenvalue weighted by Gasteiger charge is -2.12. The number of halogens is 1. The average molecular weight is 355 g/mol. The zero-order chi connectivity index (χ0) is 18.4. The van der Waals surface area contributed by atoms with Crippen molar-refractivity contribution < 1.29 is 14.0 Å². The summed E-state index contributed by atoms with van der Waals surface area (Å²) in [7, 11) is 0. The number of amides is 2. The first-order valence-electron chi connectivity index (χ1n) is 8.77. The molecule has 0 aromatic heterocycles. The van der Waals surface area contributed by atoms with E-state index in [0.29, 0.717) is 12.1 Å². The molecule has 3 N–H and O–H groups in total. The topological polar surface area (TPSA) is 70.2 Å². The van der Waals surface area contributed by atoms with E-state index in [-0.39, 0.29) is 30.0 Å². The van der Waals surface area contributed by atoms with Gasteiger partial charge in [-0.05, 0) is 43.1 Å². The maximum absolute atomic E-state index is 14.0. The lowest BCUT2D eigenvalue weighted by molar-refractivity contribution is -0.117. The van der Waals surface area contributed by atoms with Crippen molar-refractivity contribution in [3.8, 4) is 0 Å². The Morgan fingerprint density at radius 1 is 1.08 bits per heavy atom. The van der Waals surface area contributed by atoms with E-state index in [1.54, 1.807) is 0 Å². The van der Waals surface area contributed by atoms with E-state index in [4.69, 9.17) is 0 Å². The van der Waals surface area contributed by atoms with Crippen LogP contribution in [0.4, 0.5) is 15.8 Å². The fourth-order valence-electron chi connectivity index (χ4n) is 3.04. The Morgan fingerprint density at radius 3 is 2.62 bits per heavy atom. The first-order chi connectivity index (χ1) is 12.6. The van der Waals surface area contributed by atoms with E-state index >= 15 is 0 Å². The van der Waals surface area contributed by atoms with Crippen molar-refractivity contribution in [3.63, 3.8) is 0 Å². The second-order valence-electron chi connectivity index (χ2n) is 6.45. The highest BCUT2D eigenvalue weighted by molar-refractivity contribution is 5.95. The van der Waals surface area contributed by atoms with Crippen molar-refractivity contribution in [1.82, 2.24) is 5.32 Å². The molecule has 0 aliphatic carbocycles. The summed E-state index contributed by atoms with van der Waals surface area (Å²) in [6.45, 7) is 0.937. The minimum absolute atomic E-state index is 0.0581. The molecule has 6 heteroatoms. The van der Waals surface area contributed by atoms with Crippen LogP contribution in [-0.4, -0.2) is 24.4 Å². The number of hydrogen-bond donors (Lipinski definition) is 3. The van der Waals surface area contributed by atoms with Crippen molar-refractivity contribution in [1.29, 1.82) is 0 Å². The molecule has 1 aliphatic rings. The number of anilines is 2. The Hall–Kier alpha value is -2.73. The summed E-state index contributed by atoms with van der Waals surface area (Å²) >= 11 is 0. The third-order valence-electron chi connectivity index (χ3n) is 4.33. The Kier molecular flexibility index (Phi) is 5.96. The lowest BCUT2D eigenvalue weighted by atomic mass is 10.1. The smallest absolute Gasteiger partial charge is 0.228 e. The molecule has 5 nitrogen and oxygen atoms in total. The van der Waals surface area contributed by atoms with Gasteiger partial charge in [-0.25, -0.2) is 4.39 Å². The molecule has 1 aliphatic heterocycles. The molecular formula is C20H22FN3O2.